The molecule has 1 aliphatic heterocycles. The van der Waals surface area contributed by atoms with E-state index in [2.05, 4.69) is 0 Å². The molecule has 1 saturated heterocycles. The molecular formula is C15H22F2N2O. The minimum Gasteiger partial charge on any atom is -0.489 e. The molecule has 0 saturated carbocycles. The largest absolute Gasteiger partial charge is 0.489 e. The summed E-state index contributed by atoms with van der Waals surface area (Å²) in [5.41, 5.74) is 1.13. The first-order chi connectivity index (χ1) is 9.54. The Morgan fingerprint density at radius 1 is 1.30 bits per heavy atom. The van der Waals surface area contributed by atoms with Crippen molar-refractivity contribution in [2.24, 2.45) is 0 Å². The molecule has 0 unspecified atom stereocenters. The van der Waals surface area contributed by atoms with Gasteiger partial charge in [0, 0.05) is 45.8 Å². The molecule has 2 rings (SSSR count). The van der Waals surface area contributed by atoms with Crippen molar-refractivity contribution in [2.75, 3.05) is 38.6 Å². The summed E-state index contributed by atoms with van der Waals surface area (Å²) in [5.74, 6) is 0.844. The average Bonchev–Trinajstić information content (AvgIpc) is 2.84. The lowest BCUT2D eigenvalue weighted by Gasteiger charge is -2.17. The Bertz CT molecular complexity index is 409. The number of halogens is 2. The SMILES string of the molecule is CN(C)c1ccc(O[C@@H]2CCN(CCC(F)F)C2)cc1. The van der Waals surface area contributed by atoms with Gasteiger partial charge in [-0.2, -0.15) is 0 Å². The van der Waals surface area contributed by atoms with Gasteiger partial charge in [0.1, 0.15) is 11.9 Å². The fourth-order valence-electron chi connectivity index (χ4n) is 2.39. The van der Waals surface area contributed by atoms with Crippen molar-refractivity contribution >= 4 is 5.69 Å². The van der Waals surface area contributed by atoms with Crippen molar-refractivity contribution in [3.8, 4) is 5.75 Å². The van der Waals surface area contributed by atoms with E-state index in [-0.39, 0.29) is 12.5 Å². The third-order valence-electron chi connectivity index (χ3n) is 3.55. The van der Waals surface area contributed by atoms with Crippen LogP contribution in [0.2, 0.25) is 0 Å². The van der Waals surface area contributed by atoms with Gasteiger partial charge in [0.05, 0.1) is 0 Å². The monoisotopic (exact) mass is 284 g/mol. The highest BCUT2D eigenvalue weighted by Crippen LogP contribution is 2.21. The van der Waals surface area contributed by atoms with Gasteiger partial charge in [0.25, 0.3) is 0 Å². The fourth-order valence-corrected chi connectivity index (χ4v) is 2.39. The van der Waals surface area contributed by atoms with Crippen LogP contribution in [0.5, 0.6) is 5.75 Å². The molecule has 0 N–H and O–H groups in total. The van der Waals surface area contributed by atoms with Crippen molar-refractivity contribution in [3.63, 3.8) is 0 Å². The topological polar surface area (TPSA) is 15.7 Å². The predicted molar refractivity (Wildman–Crippen MR) is 76.9 cm³/mol. The maximum atomic E-state index is 12.2. The summed E-state index contributed by atoms with van der Waals surface area (Å²) in [6.45, 7) is 2.03. The summed E-state index contributed by atoms with van der Waals surface area (Å²) in [6, 6.07) is 7.94. The van der Waals surface area contributed by atoms with Crippen LogP contribution >= 0.6 is 0 Å². The lowest BCUT2D eigenvalue weighted by Crippen LogP contribution is -2.26. The van der Waals surface area contributed by atoms with E-state index in [0.717, 1.165) is 30.9 Å². The molecule has 0 aromatic heterocycles. The van der Waals surface area contributed by atoms with Crippen LogP contribution in [0.15, 0.2) is 24.3 Å². The van der Waals surface area contributed by atoms with Crippen LogP contribution in [0.3, 0.4) is 0 Å². The van der Waals surface area contributed by atoms with Crippen molar-refractivity contribution in [1.29, 1.82) is 0 Å². The van der Waals surface area contributed by atoms with E-state index in [1.807, 2.05) is 48.2 Å². The van der Waals surface area contributed by atoms with E-state index in [9.17, 15) is 8.78 Å². The first-order valence-electron chi connectivity index (χ1n) is 6.99. The van der Waals surface area contributed by atoms with Crippen LogP contribution in [0.25, 0.3) is 0 Å². The molecule has 1 heterocycles. The summed E-state index contributed by atoms with van der Waals surface area (Å²) < 4.78 is 30.2. The molecule has 3 nitrogen and oxygen atoms in total. The molecule has 0 spiro atoms. The van der Waals surface area contributed by atoms with Crippen molar-refractivity contribution in [1.82, 2.24) is 4.90 Å². The summed E-state index contributed by atoms with van der Waals surface area (Å²) in [4.78, 5) is 4.08. The van der Waals surface area contributed by atoms with Crippen molar-refractivity contribution < 1.29 is 13.5 Å². The van der Waals surface area contributed by atoms with Gasteiger partial charge in [-0.1, -0.05) is 0 Å². The van der Waals surface area contributed by atoms with E-state index in [4.69, 9.17) is 4.74 Å². The second kappa shape index (κ2) is 6.88. The highest BCUT2D eigenvalue weighted by Gasteiger charge is 2.24. The van der Waals surface area contributed by atoms with E-state index in [0.29, 0.717) is 6.54 Å². The fraction of sp³-hybridized carbons (Fsp3) is 0.600. The third kappa shape index (κ3) is 4.34. The van der Waals surface area contributed by atoms with E-state index >= 15 is 0 Å². The number of benzene rings is 1. The number of anilines is 1. The number of rotatable bonds is 6. The maximum Gasteiger partial charge on any atom is 0.239 e. The Morgan fingerprint density at radius 2 is 2.00 bits per heavy atom. The molecule has 1 aromatic rings. The van der Waals surface area contributed by atoms with Crippen LogP contribution < -0.4 is 9.64 Å². The molecule has 20 heavy (non-hydrogen) atoms. The van der Waals surface area contributed by atoms with Gasteiger partial charge in [-0.3, -0.25) is 4.90 Å². The van der Waals surface area contributed by atoms with E-state index in [1.165, 1.54) is 0 Å². The molecular weight excluding hydrogens is 262 g/mol. The van der Waals surface area contributed by atoms with Gasteiger partial charge in [-0.05, 0) is 30.7 Å². The average molecular weight is 284 g/mol. The molecule has 0 bridgehead atoms. The standard InChI is InChI=1S/C15H22F2N2O/c1-18(2)12-3-5-13(6-4-12)20-14-7-9-19(11-14)10-8-15(16)17/h3-6,14-15H,7-11H2,1-2H3/t14-/m1/s1. The third-order valence-corrected chi connectivity index (χ3v) is 3.55. The number of nitrogens with zero attached hydrogens (tertiary/aromatic N) is 2. The van der Waals surface area contributed by atoms with Gasteiger partial charge < -0.3 is 9.64 Å². The molecule has 1 atom stereocenters. The van der Waals surface area contributed by atoms with Gasteiger partial charge in [-0.15, -0.1) is 0 Å². The second-order valence-electron chi connectivity index (χ2n) is 5.40. The number of hydrogen-bond acceptors (Lipinski definition) is 3. The molecule has 0 radical (unpaired) electrons. The quantitative estimate of drug-likeness (QED) is 0.799. The predicted octanol–water partition coefficient (Wildman–Crippen LogP) is 2.86. The molecule has 1 aliphatic rings. The molecule has 0 aliphatic carbocycles. The summed E-state index contributed by atoms with van der Waals surface area (Å²) in [5, 5.41) is 0. The zero-order valence-corrected chi connectivity index (χ0v) is 12.1. The molecule has 1 aromatic carbocycles. The minimum atomic E-state index is -2.21. The Kier molecular flexibility index (Phi) is 5.17. The highest BCUT2D eigenvalue weighted by atomic mass is 19.3. The van der Waals surface area contributed by atoms with Crippen LogP contribution in [-0.4, -0.2) is 51.2 Å². The molecule has 1 fully saturated rings. The lowest BCUT2D eigenvalue weighted by molar-refractivity contribution is 0.117. The summed E-state index contributed by atoms with van der Waals surface area (Å²) in [7, 11) is 3.99. The molecule has 112 valence electrons. The summed E-state index contributed by atoms with van der Waals surface area (Å²) >= 11 is 0. The van der Waals surface area contributed by atoms with Crippen molar-refractivity contribution in [2.45, 2.75) is 25.4 Å². The van der Waals surface area contributed by atoms with Crippen LogP contribution in [0, 0.1) is 0 Å². The Labute approximate surface area is 119 Å². The van der Waals surface area contributed by atoms with E-state index < -0.39 is 6.43 Å². The summed E-state index contributed by atoms with van der Waals surface area (Å²) in [6.07, 6.45) is -1.26. The van der Waals surface area contributed by atoms with Crippen LogP contribution in [0.4, 0.5) is 14.5 Å². The normalized spacial score (nSPS) is 19.6. The number of hydrogen-bond donors (Lipinski definition) is 0. The van der Waals surface area contributed by atoms with Gasteiger partial charge in [0.2, 0.25) is 6.43 Å². The number of alkyl halides is 2. The lowest BCUT2D eigenvalue weighted by atomic mass is 10.2. The van der Waals surface area contributed by atoms with Gasteiger partial charge in [-0.25, -0.2) is 8.78 Å². The maximum absolute atomic E-state index is 12.2. The Hall–Kier alpha value is -1.36. The second-order valence-corrected chi connectivity index (χ2v) is 5.40. The zero-order chi connectivity index (χ0) is 14.5. The van der Waals surface area contributed by atoms with Gasteiger partial charge >= 0.3 is 0 Å². The molecule has 5 heteroatoms. The smallest absolute Gasteiger partial charge is 0.239 e. The van der Waals surface area contributed by atoms with Gasteiger partial charge in [0.15, 0.2) is 0 Å². The number of likely N-dealkylation sites (tertiary alicyclic amines) is 1. The first kappa shape index (κ1) is 15.0. The minimum absolute atomic E-state index is 0.0513. The Balaban J connectivity index is 1.79. The Morgan fingerprint density at radius 3 is 2.60 bits per heavy atom. The zero-order valence-electron chi connectivity index (χ0n) is 12.1. The van der Waals surface area contributed by atoms with Crippen LogP contribution in [0.1, 0.15) is 12.8 Å². The first-order valence-corrected chi connectivity index (χ1v) is 6.99. The van der Waals surface area contributed by atoms with E-state index in [1.54, 1.807) is 0 Å². The highest BCUT2D eigenvalue weighted by molar-refractivity contribution is 5.47. The molecule has 0 amide bonds. The number of ether oxygens (including phenoxy) is 1. The van der Waals surface area contributed by atoms with Crippen LogP contribution in [-0.2, 0) is 0 Å². The van der Waals surface area contributed by atoms with Crippen molar-refractivity contribution in [3.05, 3.63) is 24.3 Å².